The first-order valence-electron chi connectivity index (χ1n) is 10.4. The van der Waals surface area contributed by atoms with Crippen LogP contribution in [0.4, 0.5) is 0 Å². The molecule has 0 amide bonds. The number of carboxylic acids is 1. The topological polar surface area (TPSA) is 110 Å². The predicted molar refractivity (Wildman–Crippen MR) is 126 cm³/mol. The van der Waals surface area contributed by atoms with Crippen LogP contribution in [0.2, 0.25) is 0 Å². The molecule has 8 heteroatoms. The number of rotatable bonds is 6. The molecule has 3 N–H and O–H groups in total. The molecular weight excluding hydrogens is 460 g/mol. The van der Waals surface area contributed by atoms with E-state index < -0.39 is 30.2 Å². The lowest BCUT2D eigenvalue weighted by molar-refractivity contribution is -0.324. The van der Waals surface area contributed by atoms with Crippen LogP contribution in [0.3, 0.4) is 0 Å². The van der Waals surface area contributed by atoms with E-state index in [9.17, 15) is 25.2 Å². The number of aliphatic hydroxyl groups is 3. The van der Waals surface area contributed by atoms with Gasteiger partial charge in [0.25, 0.3) is 0 Å². The molecule has 0 spiro atoms. The third kappa shape index (κ3) is 4.05. The smallest absolute Gasteiger partial charge is 0.137 e. The molecule has 0 saturated heterocycles. The van der Waals surface area contributed by atoms with Gasteiger partial charge in [0.05, 0.1) is 12.1 Å². The summed E-state index contributed by atoms with van der Waals surface area (Å²) in [7, 11) is 0. The first-order valence-corrected chi connectivity index (χ1v) is 12.2. The molecule has 4 aromatic rings. The van der Waals surface area contributed by atoms with Crippen molar-refractivity contribution in [1.29, 1.82) is 0 Å². The van der Waals surface area contributed by atoms with Crippen LogP contribution < -0.4 is 5.11 Å². The minimum atomic E-state index is -2.46. The number of ether oxygens (including phenoxy) is 1. The molecule has 0 radical (unpaired) electrons. The first kappa shape index (κ1) is 22.1. The van der Waals surface area contributed by atoms with Crippen LogP contribution >= 0.6 is 22.7 Å². The van der Waals surface area contributed by atoms with Gasteiger partial charge in [0.15, 0.2) is 0 Å². The van der Waals surface area contributed by atoms with Crippen molar-refractivity contribution >= 4 is 48.8 Å². The van der Waals surface area contributed by atoms with Gasteiger partial charge in [0, 0.05) is 27.8 Å². The van der Waals surface area contributed by atoms with Crippen LogP contribution in [0, 0.1) is 0 Å². The Labute approximate surface area is 197 Å². The van der Waals surface area contributed by atoms with Crippen LogP contribution in [0.15, 0.2) is 70.6 Å². The molecule has 3 atom stereocenters. The summed E-state index contributed by atoms with van der Waals surface area (Å²) in [5, 5.41) is 50.1. The largest absolute Gasteiger partial charge is 0.547 e. The summed E-state index contributed by atoms with van der Waals surface area (Å²) in [6, 6.07) is 15.4. The monoisotopic (exact) mass is 481 g/mol. The maximum atomic E-state index is 12.0. The van der Waals surface area contributed by atoms with Gasteiger partial charge < -0.3 is 30.0 Å². The van der Waals surface area contributed by atoms with E-state index in [1.807, 2.05) is 59.3 Å². The normalized spacial score (nSPS) is 23.4. The summed E-state index contributed by atoms with van der Waals surface area (Å²) in [5.74, 6) is -1.86. The van der Waals surface area contributed by atoms with Crippen molar-refractivity contribution in [2.75, 3.05) is 0 Å². The number of carboxylic acid groups (broad SMARTS) is 1. The Morgan fingerprint density at radius 1 is 1.00 bits per heavy atom. The SMILES string of the molecule is O=C([O-])[C@@]1(O)C[C@@H](O)[C@H](O)C(OCc2ccc3sccc3c2)=C1Cc1ccc2sccc2c1. The van der Waals surface area contributed by atoms with Gasteiger partial charge in [0.1, 0.15) is 24.1 Å². The summed E-state index contributed by atoms with van der Waals surface area (Å²) < 4.78 is 8.12. The van der Waals surface area contributed by atoms with Gasteiger partial charge in [-0.15, -0.1) is 22.7 Å². The third-order valence-corrected chi connectivity index (χ3v) is 7.88. The molecule has 0 unspecified atom stereocenters. The number of benzene rings is 2. The zero-order valence-corrected chi connectivity index (χ0v) is 19.1. The number of aliphatic hydroxyl groups excluding tert-OH is 2. The maximum Gasteiger partial charge on any atom is 0.137 e. The maximum absolute atomic E-state index is 12.0. The Bertz CT molecular complexity index is 1370. The van der Waals surface area contributed by atoms with Crippen molar-refractivity contribution in [2.24, 2.45) is 0 Å². The van der Waals surface area contributed by atoms with Crippen LogP contribution in [-0.2, 0) is 22.6 Å². The predicted octanol–water partition coefficient (Wildman–Crippen LogP) is 2.74. The summed E-state index contributed by atoms with van der Waals surface area (Å²) >= 11 is 3.21. The molecule has 1 aliphatic rings. The van der Waals surface area contributed by atoms with Crippen molar-refractivity contribution in [1.82, 2.24) is 0 Å². The molecule has 2 heterocycles. The number of thiophene rings is 2. The highest BCUT2D eigenvalue weighted by Crippen LogP contribution is 2.38. The van der Waals surface area contributed by atoms with Gasteiger partial charge >= 0.3 is 0 Å². The van der Waals surface area contributed by atoms with E-state index in [2.05, 4.69) is 0 Å². The summed E-state index contributed by atoms with van der Waals surface area (Å²) in [6.07, 6.45) is -3.53. The minimum absolute atomic E-state index is 0.00788. The van der Waals surface area contributed by atoms with Gasteiger partial charge in [-0.2, -0.15) is 0 Å². The lowest BCUT2D eigenvalue weighted by Gasteiger charge is -2.41. The fourth-order valence-corrected chi connectivity index (χ4v) is 5.85. The highest BCUT2D eigenvalue weighted by atomic mass is 32.1. The fraction of sp³-hybridized carbons (Fsp3) is 0.240. The van der Waals surface area contributed by atoms with E-state index in [1.54, 1.807) is 22.7 Å². The number of carbonyl (C=O) groups excluding carboxylic acids is 1. The molecule has 0 aliphatic heterocycles. The Hall–Kier alpha value is -2.75. The zero-order chi connectivity index (χ0) is 23.2. The lowest BCUT2D eigenvalue weighted by atomic mass is 9.76. The Kier molecular flexibility index (Phi) is 5.72. The summed E-state index contributed by atoms with van der Waals surface area (Å²) in [4.78, 5) is 12.0. The number of aliphatic carboxylic acids is 1. The highest BCUT2D eigenvalue weighted by Gasteiger charge is 2.46. The molecular formula is C25H21O6S2-. The summed E-state index contributed by atoms with van der Waals surface area (Å²) in [6.45, 7) is 0.0428. The Morgan fingerprint density at radius 2 is 1.61 bits per heavy atom. The van der Waals surface area contributed by atoms with E-state index in [4.69, 9.17) is 4.74 Å². The minimum Gasteiger partial charge on any atom is -0.547 e. The number of hydrogen-bond donors (Lipinski definition) is 3. The van der Waals surface area contributed by atoms with E-state index >= 15 is 0 Å². The average molecular weight is 482 g/mol. The second kappa shape index (κ2) is 8.55. The molecule has 0 fully saturated rings. The molecule has 5 rings (SSSR count). The summed E-state index contributed by atoms with van der Waals surface area (Å²) in [5.41, 5.74) is -0.905. The van der Waals surface area contributed by atoms with Crippen molar-refractivity contribution < 1.29 is 30.0 Å². The Balaban J connectivity index is 1.53. The molecule has 33 heavy (non-hydrogen) atoms. The van der Waals surface area contributed by atoms with E-state index in [1.165, 1.54) is 0 Å². The van der Waals surface area contributed by atoms with Gasteiger partial charge in [-0.25, -0.2) is 0 Å². The van der Waals surface area contributed by atoms with Crippen molar-refractivity contribution in [2.45, 2.75) is 37.3 Å². The van der Waals surface area contributed by atoms with Crippen LogP contribution in [0.5, 0.6) is 0 Å². The number of carbonyl (C=O) groups is 1. The Morgan fingerprint density at radius 3 is 2.24 bits per heavy atom. The van der Waals surface area contributed by atoms with Gasteiger partial charge in [0.2, 0.25) is 0 Å². The van der Waals surface area contributed by atoms with E-state index in [0.29, 0.717) is 0 Å². The molecule has 2 aromatic heterocycles. The van der Waals surface area contributed by atoms with Crippen LogP contribution in [0.1, 0.15) is 17.5 Å². The lowest BCUT2D eigenvalue weighted by Crippen LogP contribution is -2.57. The molecule has 170 valence electrons. The van der Waals surface area contributed by atoms with Gasteiger partial charge in [-0.05, 0) is 69.1 Å². The van der Waals surface area contributed by atoms with Crippen molar-refractivity contribution in [3.8, 4) is 0 Å². The second-order valence-electron chi connectivity index (χ2n) is 8.26. The molecule has 0 saturated carbocycles. The standard InChI is InChI=1S/C25H22O6S2/c26-19-12-25(30,24(28)29)18(11-14-1-3-20-16(9-14)5-7-32-20)23(22(19)27)31-13-15-2-4-21-17(10-15)6-8-33-21/h1-10,19,22,26-27,30H,11-13H2,(H,28,29)/p-1/t19-,22+,25-/m1/s1. The van der Waals surface area contributed by atoms with Crippen LogP contribution in [0.25, 0.3) is 20.2 Å². The molecule has 2 aromatic carbocycles. The molecule has 1 aliphatic carbocycles. The second-order valence-corrected chi connectivity index (χ2v) is 10.2. The third-order valence-electron chi connectivity index (χ3n) is 6.08. The van der Waals surface area contributed by atoms with Crippen molar-refractivity contribution in [3.63, 3.8) is 0 Å². The van der Waals surface area contributed by atoms with Crippen LogP contribution in [-0.4, -0.2) is 39.1 Å². The quantitative estimate of drug-likeness (QED) is 0.391. The van der Waals surface area contributed by atoms with Gasteiger partial charge in [-0.1, -0.05) is 12.1 Å². The van der Waals surface area contributed by atoms with E-state index in [0.717, 1.165) is 31.3 Å². The highest BCUT2D eigenvalue weighted by molar-refractivity contribution is 7.17. The molecule has 6 nitrogen and oxygen atoms in total. The van der Waals surface area contributed by atoms with E-state index in [-0.39, 0.29) is 24.4 Å². The number of hydrogen-bond acceptors (Lipinski definition) is 8. The van der Waals surface area contributed by atoms with Gasteiger partial charge in [-0.3, -0.25) is 0 Å². The van der Waals surface area contributed by atoms with Crippen molar-refractivity contribution in [3.05, 3.63) is 81.8 Å². The first-order chi connectivity index (χ1) is 15.8. The fourth-order valence-electron chi connectivity index (χ4n) is 4.30. The molecule has 0 bridgehead atoms. The average Bonchev–Trinajstić information content (AvgIpc) is 3.45. The number of fused-ring (bicyclic) bond motifs is 2. The zero-order valence-electron chi connectivity index (χ0n) is 17.4.